The van der Waals surface area contributed by atoms with E-state index in [0.29, 0.717) is 0 Å². The minimum Gasteiger partial charge on any atom is -0.480 e. The van der Waals surface area contributed by atoms with Crippen LogP contribution in [-0.4, -0.2) is 69.0 Å². The van der Waals surface area contributed by atoms with Gasteiger partial charge in [0.05, 0.1) is 5.57 Å². The standard InChI is InChI=1S/C18H17N3O7S/c1-19-13(22)9-7-29-16-11(15(24)21(16)12(9)18(27)28)20-14(23)10(17(25)26)8-5-3-2-4-6-8/h2-6,10-11,16H,7H2,1H3,(H,19,22)(H,20,23)(H,25,26)(H,27,28)/t10?,11?,16-/m0/s1. The molecule has 2 aliphatic rings. The van der Waals surface area contributed by atoms with E-state index >= 15 is 0 Å². The third-order valence-electron chi connectivity index (χ3n) is 4.61. The molecule has 3 rings (SSSR count). The SMILES string of the molecule is CNC(=O)C1=C(C(=O)O)N2C(=O)C(NC(=O)C(C(=O)O)c3ccccc3)[C@@H]2SC1. The Morgan fingerprint density at radius 2 is 1.83 bits per heavy atom. The van der Waals surface area contributed by atoms with Crippen molar-refractivity contribution < 1.29 is 34.2 Å². The summed E-state index contributed by atoms with van der Waals surface area (Å²) in [4.78, 5) is 61.2. The number of carbonyl (C=O) groups is 5. The van der Waals surface area contributed by atoms with Gasteiger partial charge in [0.2, 0.25) is 11.8 Å². The Morgan fingerprint density at radius 1 is 1.17 bits per heavy atom. The molecule has 1 aromatic rings. The molecule has 1 saturated heterocycles. The predicted molar refractivity (Wildman–Crippen MR) is 101 cm³/mol. The number of thioether (sulfide) groups is 1. The first-order valence-corrected chi connectivity index (χ1v) is 9.54. The van der Waals surface area contributed by atoms with E-state index in [9.17, 15) is 34.2 Å². The summed E-state index contributed by atoms with van der Waals surface area (Å²) in [6, 6.07) is 6.76. The van der Waals surface area contributed by atoms with Crippen molar-refractivity contribution in [2.24, 2.45) is 0 Å². The Bertz CT molecular complexity index is 931. The van der Waals surface area contributed by atoms with Gasteiger partial charge in [-0.3, -0.25) is 24.1 Å². The van der Waals surface area contributed by atoms with E-state index in [1.165, 1.54) is 19.2 Å². The molecule has 0 radical (unpaired) electrons. The lowest BCUT2D eigenvalue weighted by Gasteiger charge is -2.49. The van der Waals surface area contributed by atoms with Crippen LogP contribution in [0.1, 0.15) is 11.5 Å². The molecule has 29 heavy (non-hydrogen) atoms. The van der Waals surface area contributed by atoms with Crippen molar-refractivity contribution in [3.63, 3.8) is 0 Å². The molecular weight excluding hydrogens is 402 g/mol. The van der Waals surface area contributed by atoms with Crippen LogP contribution >= 0.6 is 11.8 Å². The average molecular weight is 419 g/mol. The van der Waals surface area contributed by atoms with E-state index in [0.717, 1.165) is 16.7 Å². The number of aliphatic carboxylic acids is 2. The van der Waals surface area contributed by atoms with Crippen LogP contribution in [0.25, 0.3) is 0 Å². The number of amides is 3. The van der Waals surface area contributed by atoms with Crippen molar-refractivity contribution in [3.05, 3.63) is 47.2 Å². The number of fused-ring (bicyclic) bond motifs is 1. The lowest BCUT2D eigenvalue weighted by molar-refractivity contribution is -0.152. The first-order chi connectivity index (χ1) is 13.8. The molecule has 1 aromatic carbocycles. The van der Waals surface area contributed by atoms with Gasteiger partial charge >= 0.3 is 11.9 Å². The van der Waals surface area contributed by atoms with Crippen LogP contribution in [0.5, 0.6) is 0 Å². The molecule has 4 N–H and O–H groups in total. The second-order valence-electron chi connectivity index (χ2n) is 6.29. The molecule has 11 heteroatoms. The third kappa shape index (κ3) is 3.56. The van der Waals surface area contributed by atoms with Crippen LogP contribution in [0.4, 0.5) is 0 Å². The fourth-order valence-corrected chi connectivity index (χ4v) is 4.57. The molecule has 1 fully saturated rings. The third-order valence-corrected chi connectivity index (χ3v) is 5.89. The quantitative estimate of drug-likeness (QED) is 0.350. The second-order valence-corrected chi connectivity index (χ2v) is 7.39. The van der Waals surface area contributed by atoms with Crippen molar-refractivity contribution in [3.8, 4) is 0 Å². The van der Waals surface area contributed by atoms with Crippen LogP contribution in [0.3, 0.4) is 0 Å². The molecule has 0 aromatic heterocycles. The molecule has 3 atom stereocenters. The van der Waals surface area contributed by atoms with Gasteiger partial charge in [-0.25, -0.2) is 4.79 Å². The van der Waals surface area contributed by atoms with Gasteiger partial charge in [-0.15, -0.1) is 11.8 Å². The number of likely N-dealkylation sites (N-methyl/N-ethyl adjacent to an activating group) is 1. The monoisotopic (exact) mass is 419 g/mol. The maximum atomic E-state index is 12.6. The van der Waals surface area contributed by atoms with Crippen LogP contribution in [0.2, 0.25) is 0 Å². The fraction of sp³-hybridized carbons (Fsp3) is 0.278. The summed E-state index contributed by atoms with van der Waals surface area (Å²) < 4.78 is 0. The van der Waals surface area contributed by atoms with E-state index in [1.54, 1.807) is 18.2 Å². The Labute approximate surface area is 168 Å². The lowest BCUT2D eigenvalue weighted by atomic mass is 9.96. The first kappa shape index (κ1) is 20.4. The number of carbonyl (C=O) groups excluding carboxylic acids is 3. The minimum absolute atomic E-state index is 0.0309. The number of nitrogens with one attached hydrogen (secondary N) is 2. The van der Waals surface area contributed by atoms with Crippen molar-refractivity contribution in [2.45, 2.75) is 17.3 Å². The zero-order chi connectivity index (χ0) is 21.3. The molecule has 0 aliphatic carbocycles. The lowest BCUT2D eigenvalue weighted by Crippen LogP contribution is -2.71. The zero-order valence-electron chi connectivity index (χ0n) is 15.1. The molecule has 2 heterocycles. The van der Waals surface area contributed by atoms with Crippen molar-refractivity contribution in [2.75, 3.05) is 12.8 Å². The van der Waals surface area contributed by atoms with E-state index in [1.807, 2.05) is 0 Å². The van der Waals surface area contributed by atoms with Gasteiger partial charge in [-0.2, -0.15) is 0 Å². The molecule has 0 bridgehead atoms. The molecule has 2 aliphatic heterocycles. The normalized spacial score (nSPS) is 21.6. The number of hydrogen-bond donors (Lipinski definition) is 4. The highest BCUT2D eigenvalue weighted by atomic mass is 32.2. The summed E-state index contributed by atoms with van der Waals surface area (Å²) in [5.41, 5.74) is -0.223. The van der Waals surface area contributed by atoms with E-state index in [-0.39, 0.29) is 16.9 Å². The molecule has 3 amide bonds. The largest absolute Gasteiger partial charge is 0.480 e. The van der Waals surface area contributed by atoms with E-state index in [2.05, 4.69) is 10.6 Å². The molecule has 152 valence electrons. The van der Waals surface area contributed by atoms with Gasteiger partial charge in [0.25, 0.3) is 5.91 Å². The highest BCUT2D eigenvalue weighted by molar-refractivity contribution is 8.00. The summed E-state index contributed by atoms with van der Waals surface area (Å²) in [5.74, 6) is -6.48. The fourth-order valence-electron chi connectivity index (χ4n) is 3.23. The minimum atomic E-state index is -1.51. The Kier molecular flexibility index (Phi) is 5.59. The van der Waals surface area contributed by atoms with Gasteiger partial charge in [-0.05, 0) is 5.56 Å². The number of rotatable bonds is 6. The number of carboxylic acid groups (broad SMARTS) is 2. The average Bonchev–Trinajstić information content (AvgIpc) is 2.70. The Morgan fingerprint density at radius 3 is 2.38 bits per heavy atom. The second kappa shape index (κ2) is 7.95. The van der Waals surface area contributed by atoms with Crippen LogP contribution in [-0.2, 0) is 24.0 Å². The summed E-state index contributed by atoms with van der Waals surface area (Å²) in [7, 11) is 1.35. The van der Waals surface area contributed by atoms with Gasteiger partial charge < -0.3 is 20.8 Å². The van der Waals surface area contributed by atoms with Crippen molar-refractivity contribution >= 4 is 41.4 Å². The molecule has 0 saturated carbocycles. The number of nitrogens with zero attached hydrogens (tertiary/aromatic N) is 1. The summed E-state index contributed by atoms with van der Waals surface area (Å²) in [6.07, 6.45) is 0. The van der Waals surface area contributed by atoms with E-state index in [4.69, 9.17) is 0 Å². The topological polar surface area (TPSA) is 153 Å². The van der Waals surface area contributed by atoms with Gasteiger partial charge in [0.1, 0.15) is 17.1 Å². The Hall–Kier alpha value is -3.34. The number of β-lactam (4-membered cyclic amide) rings is 1. The maximum Gasteiger partial charge on any atom is 0.353 e. The van der Waals surface area contributed by atoms with Gasteiger partial charge in [-0.1, -0.05) is 30.3 Å². The van der Waals surface area contributed by atoms with Crippen LogP contribution < -0.4 is 10.6 Å². The van der Waals surface area contributed by atoms with Crippen LogP contribution in [0, 0.1) is 0 Å². The molecule has 10 nitrogen and oxygen atoms in total. The van der Waals surface area contributed by atoms with Gasteiger partial charge in [0.15, 0.2) is 5.92 Å². The van der Waals surface area contributed by atoms with E-state index < -0.39 is 52.7 Å². The summed E-state index contributed by atoms with van der Waals surface area (Å²) >= 11 is 1.12. The molecular formula is C18H17N3O7S. The maximum absolute atomic E-state index is 12.6. The van der Waals surface area contributed by atoms with Crippen LogP contribution in [0.15, 0.2) is 41.6 Å². The highest BCUT2D eigenvalue weighted by Crippen LogP contribution is 2.40. The number of hydrogen-bond acceptors (Lipinski definition) is 6. The number of carboxylic acids is 2. The molecule has 2 unspecified atom stereocenters. The summed E-state index contributed by atoms with van der Waals surface area (Å²) in [6.45, 7) is 0. The summed E-state index contributed by atoms with van der Waals surface area (Å²) in [5, 5.41) is 22.9. The zero-order valence-corrected chi connectivity index (χ0v) is 15.9. The molecule has 0 spiro atoms. The van der Waals surface area contributed by atoms with Crippen molar-refractivity contribution in [1.29, 1.82) is 0 Å². The predicted octanol–water partition coefficient (Wildman–Crippen LogP) is -0.661. The number of benzene rings is 1. The highest BCUT2D eigenvalue weighted by Gasteiger charge is 2.55. The Balaban J connectivity index is 1.82. The first-order valence-electron chi connectivity index (χ1n) is 8.49. The smallest absolute Gasteiger partial charge is 0.353 e. The van der Waals surface area contributed by atoms with Gasteiger partial charge in [0, 0.05) is 12.8 Å². The van der Waals surface area contributed by atoms with Crippen molar-refractivity contribution in [1.82, 2.24) is 15.5 Å².